The highest BCUT2D eigenvalue weighted by atomic mass is 32.1. The number of thiazole rings is 1. The predicted octanol–water partition coefficient (Wildman–Crippen LogP) is 6.17. The van der Waals surface area contributed by atoms with Crippen molar-refractivity contribution in [3.63, 3.8) is 0 Å². The molecule has 0 atom stereocenters. The van der Waals surface area contributed by atoms with Gasteiger partial charge < -0.3 is 4.74 Å². The lowest BCUT2D eigenvalue weighted by Crippen LogP contribution is -2.08. The van der Waals surface area contributed by atoms with E-state index < -0.39 is 0 Å². The van der Waals surface area contributed by atoms with E-state index in [0.717, 1.165) is 27.7 Å². The number of carbonyl (C=O) groups is 1. The van der Waals surface area contributed by atoms with Crippen LogP contribution in [-0.2, 0) is 0 Å². The fourth-order valence-corrected chi connectivity index (χ4v) is 3.54. The Balaban J connectivity index is 1.38. The lowest BCUT2D eigenvalue weighted by Gasteiger charge is -2.06. The van der Waals surface area contributed by atoms with Crippen LogP contribution < -0.4 is 10.2 Å². The Hall–Kier alpha value is -3.77. The average molecular weight is 428 g/mol. The Morgan fingerprint density at radius 1 is 0.935 bits per heavy atom. The molecule has 4 aromatic rings. The van der Waals surface area contributed by atoms with E-state index in [-0.39, 0.29) is 5.97 Å². The van der Waals surface area contributed by atoms with Gasteiger partial charge in [0.15, 0.2) is 0 Å². The molecule has 0 aliphatic heterocycles. The fourth-order valence-electron chi connectivity index (χ4n) is 2.88. The van der Waals surface area contributed by atoms with Crippen molar-refractivity contribution < 1.29 is 9.53 Å². The molecule has 6 heteroatoms. The second kappa shape index (κ2) is 9.36. The molecule has 4 rings (SSSR count). The first-order valence-corrected chi connectivity index (χ1v) is 10.7. The van der Waals surface area contributed by atoms with Gasteiger partial charge in [-0.05, 0) is 55.8 Å². The number of ether oxygens (including phenoxy) is 1. The normalized spacial score (nSPS) is 11.2. The number of hydrogen-bond acceptors (Lipinski definition) is 6. The highest BCUT2D eigenvalue weighted by Gasteiger charge is 2.08. The minimum Gasteiger partial charge on any atom is -0.423 e. The van der Waals surface area contributed by atoms with Crippen LogP contribution >= 0.6 is 11.3 Å². The van der Waals surface area contributed by atoms with Gasteiger partial charge in [0.05, 0.1) is 17.0 Å². The van der Waals surface area contributed by atoms with E-state index in [2.05, 4.69) is 46.7 Å². The van der Waals surface area contributed by atoms with E-state index in [1.54, 1.807) is 36.4 Å². The Morgan fingerprint density at radius 3 is 2.35 bits per heavy atom. The molecule has 0 spiro atoms. The van der Waals surface area contributed by atoms with Crippen LogP contribution in [0.1, 0.15) is 28.4 Å². The van der Waals surface area contributed by atoms with E-state index in [9.17, 15) is 4.79 Å². The first kappa shape index (κ1) is 20.5. The van der Waals surface area contributed by atoms with Crippen molar-refractivity contribution in [2.45, 2.75) is 13.8 Å². The molecule has 0 saturated carbocycles. The van der Waals surface area contributed by atoms with Crippen LogP contribution in [-0.4, -0.2) is 16.7 Å². The molecule has 0 unspecified atom stereocenters. The number of hydrogen-bond donors (Lipinski definition) is 1. The average Bonchev–Trinajstić information content (AvgIpc) is 3.28. The van der Waals surface area contributed by atoms with Gasteiger partial charge in [-0.25, -0.2) is 9.78 Å². The van der Waals surface area contributed by atoms with Gasteiger partial charge in [-0.15, -0.1) is 11.3 Å². The molecule has 1 N–H and O–H groups in total. The molecule has 0 radical (unpaired) electrons. The molecule has 0 aliphatic rings. The Kier molecular flexibility index (Phi) is 6.19. The molecule has 31 heavy (non-hydrogen) atoms. The number of aromatic nitrogens is 1. The van der Waals surface area contributed by atoms with E-state index in [4.69, 9.17) is 4.74 Å². The number of aryl methyl sites for hydroxylation is 1. The fraction of sp³-hybridized carbons (Fsp3) is 0.0800. The Bertz CT molecular complexity index is 1200. The highest BCUT2D eigenvalue weighted by Crippen LogP contribution is 2.25. The molecule has 3 aromatic carbocycles. The number of anilines is 1. The number of benzene rings is 3. The van der Waals surface area contributed by atoms with Crippen molar-refractivity contribution in [2.75, 3.05) is 5.43 Å². The Labute approximate surface area is 185 Å². The summed E-state index contributed by atoms with van der Waals surface area (Å²) in [5, 5.41) is 7.16. The third kappa shape index (κ3) is 5.24. The van der Waals surface area contributed by atoms with Gasteiger partial charge in [-0.1, -0.05) is 48.0 Å². The molecule has 154 valence electrons. The molecule has 0 bridgehead atoms. The quantitative estimate of drug-likeness (QED) is 0.173. The molecule has 0 aliphatic carbocycles. The highest BCUT2D eigenvalue weighted by molar-refractivity contribution is 7.14. The van der Waals surface area contributed by atoms with Crippen molar-refractivity contribution in [3.05, 3.63) is 101 Å². The molecular weight excluding hydrogens is 406 g/mol. The van der Waals surface area contributed by atoms with Gasteiger partial charge in [0.1, 0.15) is 5.75 Å². The van der Waals surface area contributed by atoms with Crippen molar-refractivity contribution in [3.8, 4) is 17.0 Å². The van der Waals surface area contributed by atoms with Crippen LogP contribution in [0.5, 0.6) is 5.75 Å². The maximum atomic E-state index is 12.2. The summed E-state index contributed by atoms with van der Waals surface area (Å²) in [7, 11) is 0. The topological polar surface area (TPSA) is 63.6 Å². The number of rotatable bonds is 6. The second-order valence-corrected chi connectivity index (χ2v) is 7.85. The van der Waals surface area contributed by atoms with Crippen LogP contribution in [0.3, 0.4) is 0 Å². The third-order valence-corrected chi connectivity index (χ3v) is 5.41. The summed E-state index contributed by atoms with van der Waals surface area (Å²) < 4.78 is 5.41. The van der Waals surface area contributed by atoms with Crippen LogP contribution in [0.25, 0.3) is 11.3 Å². The largest absolute Gasteiger partial charge is 0.423 e. The maximum Gasteiger partial charge on any atom is 0.343 e. The summed E-state index contributed by atoms with van der Waals surface area (Å²) in [6.07, 6.45) is 0. The van der Waals surface area contributed by atoms with Crippen LogP contribution in [0.4, 0.5) is 5.13 Å². The van der Waals surface area contributed by atoms with E-state index >= 15 is 0 Å². The molecule has 1 aromatic heterocycles. The van der Waals surface area contributed by atoms with E-state index in [1.165, 1.54) is 16.9 Å². The van der Waals surface area contributed by atoms with Crippen molar-refractivity contribution in [1.29, 1.82) is 0 Å². The lowest BCUT2D eigenvalue weighted by atomic mass is 10.1. The van der Waals surface area contributed by atoms with Gasteiger partial charge in [-0.2, -0.15) is 5.10 Å². The number of nitrogens with one attached hydrogen (secondary N) is 1. The summed E-state index contributed by atoms with van der Waals surface area (Å²) in [4.78, 5) is 16.7. The van der Waals surface area contributed by atoms with Crippen LogP contribution in [0.15, 0.2) is 89.3 Å². The summed E-state index contributed by atoms with van der Waals surface area (Å²) in [6, 6.07) is 24.4. The smallest absolute Gasteiger partial charge is 0.343 e. The minimum absolute atomic E-state index is 0.381. The molecule has 0 fully saturated rings. The second-order valence-electron chi connectivity index (χ2n) is 6.99. The minimum atomic E-state index is -0.381. The van der Waals surface area contributed by atoms with Crippen molar-refractivity contribution in [1.82, 2.24) is 4.98 Å². The van der Waals surface area contributed by atoms with Crippen molar-refractivity contribution in [2.24, 2.45) is 5.10 Å². The SMILES string of the molecule is C/C(=N/Nc1nc(-c2ccc(C)cc2)cs1)c1ccc(OC(=O)c2ccccc2)cc1. The van der Waals surface area contributed by atoms with E-state index in [0.29, 0.717) is 11.3 Å². The number of hydrazone groups is 1. The number of carbonyl (C=O) groups excluding carboxylic acids is 1. The predicted molar refractivity (Wildman–Crippen MR) is 126 cm³/mol. The first-order chi connectivity index (χ1) is 15.1. The van der Waals surface area contributed by atoms with Crippen LogP contribution in [0, 0.1) is 6.92 Å². The van der Waals surface area contributed by atoms with Gasteiger partial charge in [0, 0.05) is 10.9 Å². The zero-order valence-electron chi connectivity index (χ0n) is 17.2. The lowest BCUT2D eigenvalue weighted by molar-refractivity contribution is 0.0735. The maximum absolute atomic E-state index is 12.2. The summed E-state index contributed by atoms with van der Waals surface area (Å²) in [6.45, 7) is 3.97. The summed E-state index contributed by atoms with van der Waals surface area (Å²) in [5.74, 6) is 0.106. The third-order valence-electron chi connectivity index (χ3n) is 4.66. The van der Waals surface area contributed by atoms with Crippen LogP contribution in [0.2, 0.25) is 0 Å². The summed E-state index contributed by atoms with van der Waals surface area (Å²) >= 11 is 1.51. The molecule has 0 saturated heterocycles. The summed E-state index contributed by atoms with van der Waals surface area (Å²) in [5.41, 5.74) is 8.48. The zero-order valence-corrected chi connectivity index (χ0v) is 18.0. The first-order valence-electron chi connectivity index (χ1n) is 9.79. The van der Waals surface area contributed by atoms with Gasteiger partial charge in [0.2, 0.25) is 5.13 Å². The molecule has 5 nitrogen and oxygen atoms in total. The Morgan fingerprint density at radius 2 is 1.65 bits per heavy atom. The van der Waals surface area contributed by atoms with Gasteiger partial charge in [0.25, 0.3) is 0 Å². The molecule has 1 heterocycles. The standard InChI is InChI=1S/C25H21N3O2S/c1-17-8-10-20(11-9-17)23-16-31-25(26-23)28-27-18(2)19-12-14-22(15-13-19)30-24(29)21-6-4-3-5-7-21/h3-16H,1-2H3,(H,26,28)/b27-18-. The van der Waals surface area contributed by atoms with Crippen molar-refractivity contribution >= 4 is 28.1 Å². The number of nitrogens with zero attached hydrogens (tertiary/aromatic N) is 2. The molecular formula is C25H21N3O2S. The van der Waals surface area contributed by atoms with Gasteiger partial charge in [-0.3, -0.25) is 5.43 Å². The van der Waals surface area contributed by atoms with E-state index in [1.807, 2.05) is 30.5 Å². The number of esters is 1. The van der Waals surface area contributed by atoms with Gasteiger partial charge >= 0.3 is 5.97 Å². The monoisotopic (exact) mass is 427 g/mol. The molecule has 0 amide bonds. The zero-order chi connectivity index (χ0) is 21.6.